The lowest BCUT2D eigenvalue weighted by molar-refractivity contribution is 0.0596. The largest absolute Gasteiger partial charge is 0.362 e. The van der Waals surface area contributed by atoms with Crippen LogP contribution < -0.4 is 5.48 Å². The van der Waals surface area contributed by atoms with Crippen LogP contribution in [-0.4, -0.2) is 5.97 Å². The van der Waals surface area contributed by atoms with Crippen LogP contribution in [0.5, 0.6) is 0 Å². The van der Waals surface area contributed by atoms with Gasteiger partial charge in [-0.3, -0.25) is 0 Å². The molecule has 4 heteroatoms. The van der Waals surface area contributed by atoms with Crippen molar-refractivity contribution in [2.45, 2.75) is 0 Å². The van der Waals surface area contributed by atoms with Crippen LogP contribution in [-0.2, 0) is 4.84 Å². The molecule has 0 unspecified atom stereocenters. The van der Waals surface area contributed by atoms with Gasteiger partial charge >= 0.3 is 5.97 Å². The van der Waals surface area contributed by atoms with Crippen molar-refractivity contribution in [2.24, 2.45) is 0 Å². The molecule has 17 heavy (non-hydrogen) atoms. The van der Waals surface area contributed by atoms with Gasteiger partial charge in [0.05, 0.1) is 11.3 Å². The zero-order valence-corrected chi connectivity index (χ0v) is 11.0. The number of halogens is 1. The number of hydrogen-bond donors (Lipinski definition) is 1. The lowest BCUT2D eigenvalue weighted by Crippen LogP contribution is -2.10. The SMILES string of the molecule is O=C(ONc1ccccc1)c1ccc(I)cc1. The number of anilines is 1. The maximum Gasteiger partial charge on any atom is 0.362 e. The van der Waals surface area contributed by atoms with Crippen molar-refractivity contribution < 1.29 is 9.63 Å². The molecule has 0 aliphatic carbocycles. The van der Waals surface area contributed by atoms with E-state index in [1.807, 2.05) is 42.5 Å². The highest BCUT2D eigenvalue weighted by atomic mass is 127. The fraction of sp³-hybridized carbons (Fsp3) is 0. The Bertz CT molecular complexity index is 497. The van der Waals surface area contributed by atoms with E-state index in [2.05, 4.69) is 28.1 Å². The number of nitrogens with one attached hydrogen (secondary N) is 1. The number of benzene rings is 2. The second-order valence-corrected chi connectivity index (χ2v) is 4.61. The molecule has 0 saturated heterocycles. The van der Waals surface area contributed by atoms with Gasteiger partial charge in [0.15, 0.2) is 0 Å². The van der Waals surface area contributed by atoms with Crippen LogP contribution >= 0.6 is 22.6 Å². The molecule has 0 bridgehead atoms. The summed E-state index contributed by atoms with van der Waals surface area (Å²) in [5.74, 6) is -0.398. The van der Waals surface area contributed by atoms with Crippen molar-refractivity contribution in [3.05, 3.63) is 63.7 Å². The highest BCUT2D eigenvalue weighted by molar-refractivity contribution is 14.1. The Morgan fingerprint density at radius 3 is 2.29 bits per heavy atom. The summed E-state index contributed by atoms with van der Waals surface area (Å²) in [6, 6.07) is 16.4. The number of carbonyl (C=O) groups is 1. The molecular weight excluding hydrogens is 329 g/mol. The first kappa shape index (κ1) is 11.9. The van der Waals surface area contributed by atoms with Crippen LogP contribution in [0, 0.1) is 3.57 Å². The molecule has 2 rings (SSSR count). The third-order valence-electron chi connectivity index (χ3n) is 2.12. The highest BCUT2D eigenvalue weighted by Crippen LogP contribution is 2.09. The summed E-state index contributed by atoms with van der Waals surface area (Å²) >= 11 is 2.18. The van der Waals surface area contributed by atoms with E-state index in [4.69, 9.17) is 4.84 Å². The van der Waals surface area contributed by atoms with Gasteiger partial charge < -0.3 is 4.84 Å². The van der Waals surface area contributed by atoms with E-state index in [0.29, 0.717) is 5.56 Å². The van der Waals surface area contributed by atoms with Crippen molar-refractivity contribution in [1.29, 1.82) is 0 Å². The van der Waals surface area contributed by atoms with Gasteiger partial charge in [0.2, 0.25) is 0 Å². The molecule has 0 heterocycles. The van der Waals surface area contributed by atoms with Gasteiger partial charge in [0.1, 0.15) is 0 Å². The molecule has 0 amide bonds. The second kappa shape index (κ2) is 5.67. The first-order valence-corrected chi connectivity index (χ1v) is 6.11. The van der Waals surface area contributed by atoms with Crippen LogP contribution in [0.2, 0.25) is 0 Å². The molecule has 0 spiro atoms. The number of carbonyl (C=O) groups excluding carboxylic acids is 1. The zero-order chi connectivity index (χ0) is 12.1. The Hall–Kier alpha value is -1.56. The minimum atomic E-state index is -0.398. The van der Waals surface area contributed by atoms with E-state index in [9.17, 15) is 4.79 Å². The summed E-state index contributed by atoms with van der Waals surface area (Å²) in [7, 11) is 0. The minimum Gasteiger partial charge on any atom is -0.338 e. The van der Waals surface area contributed by atoms with Gasteiger partial charge in [0, 0.05) is 3.57 Å². The molecule has 0 radical (unpaired) electrons. The lowest BCUT2D eigenvalue weighted by atomic mass is 10.2. The molecule has 0 atom stereocenters. The van der Waals surface area contributed by atoms with Crippen LogP contribution in [0.4, 0.5) is 5.69 Å². The molecular formula is C13H10INO2. The summed E-state index contributed by atoms with van der Waals surface area (Å²) in [5, 5.41) is 0. The van der Waals surface area contributed by atoms with Crippen molar-refractivity contribution >= 4 is 34.2 Å². The van der Waals surface area contributed by atoms with E-state index in [-0.39, 0.29) is 0 Å². The summed E-state index contributed by atoms with van der Waals surface area (Å²) in [6.07, 6.45) is 0. The summed E-state index contributed by atoms with van der Waals surface area (Å²) in [6.45, 7) is 0. The maximum atomic E-state index is 11.6. The number of para-hydroxylation sites is 1. The molecule has 3 nitrogen and oxygen atoms in total. The van der Waals surface area contributed by atoms with Crippen LogP contribution in [0.3, 0.4) is 0 Å². The Kier molecular flexibility index (Phi) is 3.98. The number of hydrogen-bond acceptors (Lipinski definition) is 3. The Balaban J connectivity index is 1.96. The van der Waals surface area contributed by atoms with Crippen molar-refractivity contribution in [3.8, 4) is 0 Å². The molecule has 0 fully saturated rings. The number of rotatable bonds is 3. The predicted molar refractivity (Wildman–Crippen MR) is 74.6 cm³/mol. The van der Waals surface area contributed by atoms with Gasteiger partial charge in [-0.25, -0.2) is 10.3 Å². The Morgan fingerprint density at radius 2 is 1.65 bits per heavy atom. The van der Waals surface area contributed by atoms with E-state index >= 15 is 0 Å². The quantitative estimate of drug-likeness (QED) is 0.687. The lowest BCUT2D eigenvalue weighted by Gasteiger charge is -2.06. The van der Waals surface area contributed by atoms with Gasteiger partial charge in [-0.15, -0.1) is 0 Å². The molecule has 86 valence electrons. The molecule has 0 aromatic heterocycles. The third kappa shape index (κ3) is 3.45. The van der Waals surface area contributed by atoms with E-state index in [1.165, 1.54) is 0 Å². The average molecular weight is 339 g/mol. The predicted octanol–water partition coefficient (Wildman–Crippen LogP) is 3.48. The van der Waals surface area contributed by atoms with Crippen molar-refractivity contribution in [2.75, 3.05) is 5.48 Å². The zero-order valence-electron chi connectivity index (χ0n) is 8.89. The minimum absolute atomic E-state index is 0.398. The molecule has 0 aliphatic rings. The first-order valence-electron chi connectivity index (χ1n) is 5.03. The molecule has 0 saturated carbocycles. The van der Waals surface area contributed by atoms with Crippen LogP contribution in [0.25, 0.3) is 0 Å². The van der Waals surface area contributed by atoms with E-state index in [0.717, 1.165) is 9.26 Å². The smallest absolute Gasteiger partial charge is 0.338 e. The van der Waals surface area contributed by atoms with Gasteiger partial charge in [-0.2, -0.15) is 0 Å². The van der Waals surface area contributed by atoms with Gasteiger partial charge in [-0.1, -0.05) is 18.2 Å². The third-order valence-corrected chi connectivity index (χ3v) is 2.83. The van der Waals surface area contributed by atoms with Crippen molar-refractivity contribution in [3.63, 3.8) is 0 Å². The van der Waals surface area contributed by atoms with Crippen LogP contribution in [0.15, 0.2) is 54.6 Å². The topological polar surface area (TPSA) is 38.3 Å². The highest BCUT2D eigenvalue weighted by Gasteiger charge is 2.06. The average Bonchev–Trinajstić information content (AvgIpc) is 2.38. The standard InChI is InChI=1S/C13H10INO2/c14-11-8-6-10(7-9-11)13(16)17-15-12-4-2-1-3-5-12/h1-9,15H. The van der Waals surface area contributed by atoms with E-state index in [1.54, 1.807) is 12.1 Å². The van der Waals surface area contributed by atoms with Crippen molar-refractivity contribution in [1.82, 2.24) is 0 Å². The monoisotopic (exact) mass is 339 g/mol. The molecule has 2 aromatic carbocycles. The van der Waals surface area contributed by atoms with Crippen LogP contribution in [0.1, 0.15) is 10.4 Å². The second-order valence-electron chi connectivity index (χ2n) is 3.36. The molecule has 2 aromatic rings. The summed E-state index contributed by atoms with van der Waals surface area (Å²) in [5.41, 5.74) is 3.87. The van der Waals surface area contributed by atoms with E-state index < -0.39 is 5.97 Å². The first-order chi connectivity index (χ1) is 8.25. The summed E-state index contributed by atoms with van der Waals surface area (Å²) in [4.78, 5) is 16.6. The Morgan fingerprint density at radius 1 is 1.00 bits per heavy atom. The fourth-order valence-corrected chi connectivity index (χ4v) is 1.62. The Labute approximate surface area is 113 Å². The molecule has 0 aliphatic heterocycles. The van der Waals surface area contributed by atoms with Gasteiger partial charge in [0.25, 0.3) is 0 Å². The molecule has 1 N–H and O–H groups in total. The fourth-order valence-electron chi connectivity index (χ4n) is 1.26. The van der Waals surface area contributed by atoms with Gasteiger partial charge in [-0.05, 0) is 59.0 Å². The maximum absolute atomic E-state index is 11.6. The normalized spacial score (nSPS) is 9.71. The summed E-state index contributed by atoms with van der Waals surface area (Å²) < 4.78 is 1.08.